The zero-order valence-corrected chi connectivity index (χ0v) is 14.6. The molecular formula is C16H23ClN4O2. The van der Waals surface area contributed by atoms with E-state index in [0.717, 1.165) is 19.3 Å². The van der Waals surface area contributed by atoms with Crippen LogP contribution in [-0.4, -0.2) is 27.4 Å². The van der Waals surface area contributed by atoms with Crippen molar-refractivity contribution in [3.63, 3.8) is 0 Å². The van der Waals surface area contributed by atoms with Crippen molar-refractivity contribution >= 4 is 29.0 Å². The molecule has 0 aromatic carbocycles. The van der Waals surface area contributed by atoms with Gasteiger partial charge in [-0.25, -0.2) is 9.78 Å². The average molecular weight is 339 g/mol. The summed E-state index contributed by atoms with van der Waals surface area (Å²) in [7, 11) is 0. The van der Waals surface area contributed by atoms with Crippen LogP contribution in [0.3, 0.4) is 0 Å². The first kappa shape index (κ1) is 17.5. The summed E-state index contributed by atoms with van der Waals surface area (Å²) in [4.78, 5) is 24.4. The second kappa shape index (κ2) is 8.15. The van der Waals surface area contributed by atoms with Crippen molar-refractivity contribution in [3.8, 4) is 0 Å². The minimum atomic E-state index is -0.177. The van der Waals surface area contributed by atoms with Crippen LogP contribution in [0, 0.1) is 5.92 Å². The van der Waals surface area contributed by atoms with Crippen LogP contribution < -0.4 is 5.69 Å². The standard InChI is InChI=1S/C16H23ClN4O2/c1-4-5-6-7-21-14-12(8-19-23-10-11(2)3)13(17)9-18-15(14)20-16(21)22/h8-9,11H,4-7,10H2,1-3H3,(H,18,20,22)/b19-8-. The maximum atomic E-state index is 12.2. The number of nitrogens with one attached hydrogen (secondary N) is 1. The summed E-state index contributed by atoms with van der Waals surface area (Å²) in [6.07, 6.45) is 6.15. The molecule has 0 saturated heterocycles. The molecule has 0 unspecified atom stereocenters. The molecule has 2 heterocycles. The SMILES string of the molecule is CCCCCn1c(=O)[nH]c2ncc(Cl)c(/C=N\OCC(C)C)c21. The van der Waals surface area contributed by atoms with Gasteiger partial charge in [-0.3, -0.25) is 9.55 Å². The molecule has 0 spiro atoms. The third kappa shape index (κ3) is 4.34. The van der Waals surface area contributed by atoms with E-state index >= 15 is 0 Å². The normalized spacial score (nSPS) is 11.9. The molecule has 0 aliphatic heterocycles. The Bertz CT molecular complexity index is 733. The number of aromatic amines is 1. The van der Waals surface area contributed by atoms with Gasteiger partial charge < -0.3 is 4.84 Å². The lowest BCUT2D eigenvalue weighted by Crippen LogP contribution is -2.17. The van der Waals surface area contributed by atoms with Gasteiger partial charge in [0.05, 0.1) is 16.8 Å². The lowest BCUT2D eigenvalue weighted by Gasteiger charge is -2.06. The Morgan fingerprint density at radius 2 is 2.26 bits per heavy atom. The molecule has 7 heteroatoms. The van der Waals surface area contributed by atoms with E-state index in [9.17, 15) is 4.79 Å². The van der Waals surface area contributed by atoms with E-state index in [-0.39, 0.29) is 5.69 Å². The molecule has 6 nitrogen and oxygen atoms in total. The van der Waals surface area contributed by atoms with Gasteiger partial charge in [0.15, 0.2) is 5.65 Å². The maximum Gasteiger partial charge on any atom is 0.327 e. The predicted octanol–water partition coefficient (Wildman–Crippen LogP) is 3.57. The third-order valence-electron chi connectivity index (χ3n) is 3.43. The first-order valence-corrected chi connectivity index (χ1v) is 8.34. The highest BCUT2D eigenvalue weighted by Crippen LogP contribution is 2.21. The minimum absolute atomic E-state index is 0.177. The third-order valence-corrected chi connectivity index (χ3v) is 3.73. The molecule has 0 fully saturated rings. The molecule has 126 valence electrons. The Kier molecular flexibility index (Phi) is 6.21. The first-order chi connectivity index (χ1) is 11.0. The summed E-state index contributed by atoms with van der Waals surface area (Å²) >= 11 is 6.25. The van der Waals surface area contributed by atoms with Crippen LogP contribution in [0.15, 0.2) is 16.1 Å². The number of halogens is 1. The van der Waals surface area contributed by atoms with Gasteiger partial charge in [0.1, 0.15) is 6.61 Å². The molecule has 2 rings (SSSR count). The van der Waals surface area contributed by atoms with E-state index in [1.165, 1.54) is 6.20 Å². The van der Waals surface area contributed by atoms with Gasteiger partial charge in [-0.05, 0) is 12.3 Å². The van der Waals surface area contributed by atoms with Crippen molar-refractivity contribution in [1.82, 2.24) is 14.5 Å². The lowest BCUT2D eigenvalue weighted by atomic mass is 10.2. The second-order valence-corrected chi connectivity index (χ2v) is 6.34. The number of pyridine rings is 1. The molecule has 0 aliphatic carbocycles. The van der Waals surface area contributed by atoms with Crippen molar-refractivity contribution in [2.45, 2.75) is 46.6 Å². The van der Waals surface area contributed by atoms with Crippen molar-refractivity contribution in [2.24, 2.45) is 11.1 Å². The van der Waals surface area contributed by atoms with Gasteiger partial charge in [0.2, 0.25) is 0 Å². The number of oxime groups is 1. The summed E-state index contributed by atoms with van der Waals surface area (Å²) in [5, 5.41) is 4.42. The van der Waals surface area contributed by atoms with Crippen molar-refractivity contribution in [3.05, 3.63) is 27.3 Å². The monoisotopic (exact) mass is 338 g/mol. The van der Waals surface area contributed by atoms with E-state index in [2.05, 4.69) is 22.0 Å². The number of rotatable bonds is 8. The summed E-state index contributed by atoms with van der Waals surface area (Å²) in [5.74, 6) is 0.388. The van der Waals surface area contributed by atoms with Crippen LogP contribution in [0.2, 0.25) is 5.02 Å². The number of imidazole rings is 1. The van der Waals surface area contributed by atoms with Gasteiger partial charge in [-0.1, -0.05) is 50.4 Å². The zero-order valence-electron chi connectivity index (χ0n) is 13.8. The molecule has 0 saturated carbocycles. The summed E-state index contributed by atoms with van der Waals surface area (Å²) < 4.78 is 1.67. The fraction of sp³-hybridized carbons (Fsp3) is 0.562. The zero-order chi connectivity index (χ0) is 16.8. The van der Waals surface area contributed by atoms with Crippen LogP contribution in [-0.2, 0) is 11.4 Å². The average Bonchev–Trinajstić information content (AvgIpc) is 2.82. The lowest BCUT2D eigenvalue weighted by molar-refractivity contribution is 0.120. The highest BCUT2D eigenvalue weighted by Gasteiger charge is 2.14. The Hall–Kier alpha value is -1.82. The molecule has 0 radical (unpaired) electrons. The highest BCUT2D eigenvalue weighted by atomic mass is 35.5. The molecule has 23 heavy (non-hydrogen) atoms. The Labute approximate surface area is 140 Å². The van der Waals surface area contributed by atoms with Crippen molar-refractivity contribution in [1.29, 1.82) is 0 Å². The molecule has 0 bridgehead atoms. The van der Waals surface area contributed by atoms with E-state index < -0.39 is 0 Å². The van der Waals surface area contributed by atoms with Crippen LogP contribution in [0.5, 0.6) is 0 Å². The molecule has 2 aromatic heterocycles. The predicted molar refractivity (Wildman–Crippen MR) is 93.3 cm³/mol. The number of hydrogen-bond donors (Lipinski definition) is 1. The van der Waals surface area contributed by atoms with Crippen LogP contribution in [0.4, 0.5) is 0 Å². The topological polar surface area (TPSA) is 72.3 Å². The van der Waals surface area contributed by atoms with E-state index in [1.54, 1.807) is 10.8 Å². The fourth-order valence-electron chi connectivity index (χ4n) is 2.27. The van der Waals surface area contributed by atoms with Gasteiger partial charge >= 0.3 is 5.69 Å². The molecular weight excluding hydrogens is 316 g/mol. The van der Waals surface area contributed by atoms with Gasteiger partial charge in [0, 0.05) is 18.3 Å². The number of aryl methyl sites for hydroxylation is 1. The van der Waals surface area contributed by atoms with Crippen LogP contribution in [0.1, 0.15) is 45.6 Å². The van der Waals surface area contributed by atoms with Gasteiger partial charge in [0.25, 0.3) is 0 Å². The number of hydrogen-bond acceptors (Lipinski definition) is 4. The maximum absolute atomic E-state index is 12.2. The number of fused-ring (bicyclic) bond motifs is 1. The first-order valence-electron chi connectivity index (χ1n) is 7.97. The van der Waals surface area contributed by atoms with Crippen molar-refractivity contribution < 1.29 is 4.84 Å². The highest BCUT2D eigenvalue weighted by molar-refractivity contribution is 6.34. The van der Waals surface area contributed by atoms with Gasteiger partial charge in [-0.2, -0.15) is 0 Å². The Balaban J connectivity index is 2.37. The van der Waals surface area contributed by atoms with Crippen LogP contribution >= 0.6 is 11.6 Å². The number of unbranched alkanes of at least 4 members (excludes halogenated alkanes) is 2. The minimum Gasteiger partial charge on any atom is -0.396 e. The number of H-pyrrole nitrogens is 1. The van der Waals surface area contributed by atoms with Gasteiger partial charge in [-0.15, -0.1) is 0 Å². The van der Waals surface area contributed by atoms with Crippen molar-refractivity contribution in [2.75, 3.05) is 6.61 Å². The second-order valence-electron chi connectivity index (χ2n) is 5.93. The number of nitrogens with zero attached hydrogens (tertiary/aromatic N) is 3. The smallest absolute Gasteiger partial charge is 0.327 e. The Morgan fingerprint density at radius 3 is 2.96 bits per heavy atom. The van der Waals surface area contributed by atoms with E-state index in [4.69, 9.17) is 16.4 Å². The largest absolute Gasteiger partial charge is 0.396 e. The fourth-order valence-corrected chi connectivity index (χ4v) is 2.45. The molecule has 0 amide bonds. The quantitative estimate of drug-likeness (QED) is 0.454. The number of aromatic nitrogens is 3. The molecule has 2 aromatic rings. The van der Waals surface area contributed by atoms with E-state index in [1.807, 2.05) is 13.8 Å². The summed E-state index contributed by atoms with van der Waals surface area (Å²) in [6, 6.07) is 0. The van der Waals surface area contributed by atoms with Crippen LogP contribution in [0.25, 0.3) is 11.2 Å². The summed E-state index contributed by atoms with van der Waals surface area (Å²) in [5.41, 5.74) is 1.66. The molecule has 0 aliphatic rings. The molecule has 1 N–H and O–H groups in total. The summed E-state index contributed by atoms with van der Waals surface area (Å²) in [6.45, 7) is 7.37. The van der Waals surface area contributed by atoms with E-state index in [0.29, 0.717) is 40.8 Å². The Morgan fingerprint density at radius 1 is 1.48 bits per heavy atom. The molecule has 0 atom stereocenters.